The van der Waals surface area contributed by atoms with E-state index in [0.717, 1.165) is 38.4 Å². The Morgan fingerprint density at radius 3 is 2.45 bits per heavy atom. The third-order valence-electron chi connectivity index (χ3n) is 3.88. The summed E-state index contributed by atoms with van der Waals surface area (Å²) in [5, 5.41) is 15.8. The summed E-state index contributed by atoms with van der Waals surface area (Å²) in [4.78, 5) is 15.6. The fraction of sp³-hybridized carbons (Fsp3) is 0.769. The first-order chi connectivity index (χ1) is 9.74. The Morgan fingerprint density at radius 1 is 1.15 bits per heavy atom. The molecule has 7 nitrogen and oxygen atoms in total. The lowest BCUT2D eigenvalue weighted by atomic mass is 10.3. The molecule has 7 heteroatoms. The molecule has 0 atom stereocenters. The Labute approximate surface area is 118 Å². The minimum atomic E-state index is -0.215. The topological polar surface area (TPSA) is 86.2 Å². The second kappa shape index (κ2) is 5.40. The highest BCUT2D eigenvalue weighted by Crippen LogP contribution is 2.37. The molecular weight excluding hydrogens is 256 g/mol. The molecule has 2 aliphatic rings. The second-order valence-corrected chi connectivity index (χ2v) is 5.57. The first-order valence-electron chi connectivity index (χ1n) is 7.39. The number of anilines is 3. The first kappa shape index (κ1) is 13.4. The summed E-state index contributed by atoms with van der Waals surface area (Å²) >= 11 is 0. The average Bonchev–Trinajstić information content (AvgIpc) is 3.01. The van der Waals surface area contributed by atoms with Crippen molar-refractivity contribution in [3.8, 4) is 0 Å². The Hall–Kier alpha value is -1.63. The van der Waals surface area contributed by atoms with Gasteiger partial charge in [-0.15, -0.1) is 0 Å². The van der Waals surface area contributed by atoms with Crippen molar-refractivity contribution in [2.45, 2.75) is 38.1 Å². The van der Waals surface area contributed by atoms with Crippen LogP contribution in [0.5, 0.6) is 0 Å². The molecule has 0 amide bonds. The van der Waals surface area contributed by atoms with Crippen LogP contribution >= 0.6 is 0 Å². The molecule has 0 aromatic carbocycles. The quantitative estimate of drug-likeness (QED) is 0.711. The monoisotopic (exact) mass is 278 g/mol. The molecule has 1 aliphatic heterocycles. The lowest BCUT2D eigenvalue weighted by molar-refractivity contribution is 0.265. The smallest absolute Gasteiger partial charge is 0.231 e. The molecule has 3 N–H and O–H groups in total. The summed E-state index contributed by atoms with van der Waals surface area (Å²) in [6.45, 7) is 4.91. The number of aromatic nitrogens is 3. The lowest BCUT2D eigenvalue weighted by Crippen LogP contribution is -2.28. The van der Waals surface area contributed by atoms with E-state index in [1.807, 2.05) is 6.92 Å². The zero-order valence-electron chi connectivity index (χ0n) is 11.9. The summed E-state index contributed by atoms with van der Waals surface area (Å²) in [7, 11) is 0. The van der Waals surface area contributed by atoms with Crippen molar-refractivity contribution < 1.29 is 5.11 Å². The zero-order chi connectivity index (χ0) is 14.0. The molecule has 2 fully saturated rings. The zero-order valence-corrected chi connectivity index (χ0v) is 11.9. The molecule has 1 aromatic heterocycles. The molecule has 0 bridgehead atoms. The van der Waals surface area contributed by atoms with Crippen molar-refractivity contribution in [1.82, 2.24) is 15.0 Å². The normalized spacial score (nSPS) is 20.0. The molecular formula is C13H22N6O. The van der Waals surface area contributed by atoms with Crippen LogP contribution in [0.2, 0.25) is 0 Å². The molecule has 20 heavy (non-hydrogen) atoms. The van der Waals surface area contributed by atoms with Crippen LogP contribution in [-0.2, 0) is 0 Å². The third-order valence-corrected chi connectivity index (χ3v) is 3.88. The van der Waals surface area contributed by atoms with Gasteiger partial charge in [-0.2, -0.15) is 15.0 Å². The maximum absolute atomic E-state index is 9.41. The van der Waals surface area contributed by atoms with Gasteiger partial charge in [0.25, 0.3) is 0 Å². The van der Waals surface area contributed by atoms with E-state index in [2.05, 4.69) is 30.5 Å². The molecule has 1 aromatic rings. The van der Waals surface area contributed by atoms with Crippen LogP contribution in [0.3, 0.4) is 0 Å². The van der Waals surface area contributed by atoms with E-state index in [9.17, 15) is 5.11 Å². The highest BCUT2D eigenvalue weighted by molar-refractivity contribution is 5.46. The maximum atomic E-state index is 9.41. The van der Waals surface area contributed by atoms with Crippen molar-refractivity contribution in [3.05, 3.63) is 0 Å². The Morgan fingerprint density at radius 2 is 1.85 bits per heavy atom. The number of hydrogen-bond donors (Lipinski definition) is 3. The van der Waals surface area contributed by atoms with Crippen molar-refractivity contribution in [2.75, 3.05) is 41.8 Å². The standard InChI is InChI=1S/C13H22N6O/c1-2-14-10-15-11(18-13(9-20)5-6-13)17-12(16-10)19-7-3-4-8-19/h20H,2-9H2,1H3,(H2,14,15,16,17,18). The SMILES string of the molecule is CCNc1nc(NC2(CO)CC2)nc(N2CCCC2)n1. The van der Waals surface area contributed by atoms with E-state index < -0.39 is 0 Å². The van der Waals surface area contributed by atoms with Gasteiger partial charge < -0.3 is 20.6 Å². The second-order valence-electron chi connectivity index (χ2n) is 5.57. The Kier molecular flexibility index (Phi) is 3.60. The van der Waals surface area contributed by atoms with Crippen molar-refractivity contribution >= 4 is 17.8 Å². The number of nitrogens with one attached hydrogen (secondary N) is 2. The fourth-order valence-corrected chi connectivity index (χ4v) is 2.43. The largest absolute Gasteiger partial charge is 0.394 e. The number of aliphatic hydroxyl groups excluding tert-OH is 1. The molecule has 0 spiro atoms. The van der Waals surface area contributed by atoms with E-state index in [4.69, 9.17) is 0 Å². The van der Waals surface area contributed by atoms with Gasteiger partial charge in [0, 0.05) is 19.6 Å². The summed E-state index contributed by atoms with van der Waals surface area (Å²) in [5.41, 5.74) is -0.215. The van der Waals surface area contributed by atoms with Crippen molar-refractivity contribution in [1.29, 1.82) is 0 Å². The van der Waals surface area contributed by atoms with Crippen LogP contribution in [0.15, 0.2) is 0 Å². The van der Waals surface area contributed by atoms with Gasteiger partial charge in [-0.05, 0) is 32.6 Å². The lowest BCUT2D eigenvalue weighted by Gasteiger charge is -2.19. The first-order valence-corrected chi connectivity index (χ1v) is 7.39. The average molecular weight is 278 g/mol. The van der Waals surface area contributed by atoms with Crippen LogP contribution < -0.4 is 15.5 Å². The molecule has 2 heterocycles. The van der Waals surface area contributed by atoms with E-state index in [1.165, 1.54) is 12.8 Å². The van der Waals surface area contributed by atoms with Gasteiger partial charge in [-0.3, -0.25) is 0 Å². The predicted octanol–water partition coefficient (Wildman–Crippen LogP) is 0.840. The van der Waals surface area contributed by atoms with Gasteiger partial charge in [-0.25, -0.2) is 0 Å². The van der Waals surface area contributed by atoms with Gasteiger partial charge in [-0.1, -0.05) is 0 Å². The third kappa shape index (κ3) is 2.77. The minimum Gasteiger partial charge on any atom is -0.394 e. The van der Waals surface area contributed by atoms with Crippen LogP contribution in [0.4, 0.5) is 17.8 Å². The Bertz CT molecular complexity index is 470. The highest BCUT2D eigenvalue weighted by atomic mass is 16.3. The molecule has 3 rings (SSSR count). The minimum absolute atomic E-state index is 0.119. The molecule has 1 saturated carbocycles. The van der Waals surface area contributed by atoms with Crippen molar-refractivity contribution in [3.63, 3.8) is 0 Å². The Balaban J connectivity index is 1.83. The van der Waals surface area contributed by atoms with Gasteiger partial charge in [0.1, 0.15) is 0 Å². The summed E-state index contributed by atoms with van der Waals surface area (Å²) in [6.07, 6.45) is 4.30. The summed E-state index contributed by atoms with van der Waals surface area (Å²) < 4.78 is 0. The van der Waals surface area contributed by atoms with E-state index in [1.54, 1.807) is 0 Å². The number of aliphatic hydroxyl groups is 1. The van der Waals surface area contributed by atoms with E-state index in [0.29, 0.717) is 11.9 Å². The molecule has 0 radical (unpaired) electrons. The maximum Gasteiger partial charge on any atom is 0.231 e. The van der Waals surface area contributed by atoms with Crippen LogP contribution in [-0.4, -0.2) is 51.8 Å². The molecule has 110 valence electrons. The molecule has 1 saturated heterocycles. The van der Waals surface area contributed by atoms with Gasteiger partial charge in [0.15, 0.2) is 0 Å². The number of rotatable bonds is 6. The molecule has 1 aliphatic carbocycles. The van der Waals surface area contributed by atoms with Crippen LogP contribution in [0.1, 0.15) is 32.6 Å². The number of hydrogen-bond acceptors (Lipinski definition) is 7. The summed E-state index contributed by atoms with van der Waals surface area (Å²) in [5.74, 6) is 1.88. The van der Waals surface area contributed by atoms with Crippen LogP contribution in [0, 0.1) is 0 Å². The van der Waals surface area contributed by atoms with Gasteiger partial charge in [0.05, 0.1) is 12.1 Å². The van der Waals surface area contributed by atoms with Crippen molar-refractivity contribution in [2.24, 2.45) is 0 Å². The molecule has 0 unspecified atom stereocenters. The van der Waals surface area contributed by atoms with E-state index >= 15 is 0 Å². The number of nitrogens with zero attached hydrogens (tertiary/aromatic N) is 4. The predicted molar refractivity (Wildman–Crippen MR) is 78.1 cm³/mol. The summed E-state index contributed by atoms with van der Waals surface area (Å²) in [6, 6.07) is 0. The van der Waals surface area contributed by atoms with Gasteiger partial charge >= 0.3 is 0 Å². The van der Waals surface area contributed by atoms with Crippen LogP contribution in [0.25, 0.3) is 0 Å². The van der Waals surface area contributed by atoms with E-state index in [-0.39, 0.29) is 12.1 Å². The highest BCUT2D eigenvalue weighted by Gasteiger charge is 2.43. The fourth-order valence-electron chi connectivity index (χ4n) is 2.43. The van der Waals surface area contributed by atoms with Gasteiger partial charge in [0.2, 0.25) is 17.8 Å².